The third-order valence-electron chi connectivity index (χ3n) is 3.93. The molecule has 2 aromatic rings. The van der Waals surface area contributed by atoms with Crippen molar-refractivity contribution in [2.45, 2.75) is 44.2 Å². The van der Waals surface area contributed by atoms with E-state index in [-0.39, 0.29) is 17.0 Å². The number of nitrogens with zero attached hydrogens (tertiary/aromatic N) is 3. The maximum atomic E-state index is 12.8. The molecule has 7 heteroatoms. The zero-order valence-electron chi connectivity index (χ0n) is 12.4. The predicted molar refractivity (Wildman–Crippen MR) is 82.9 cm³/mol. The van der Waals surface area contributed by atoms with Crippen LogP contribution in [0.5, 0.6) is 0 Å². The van der Waals surface area contributed by atoms with Crippen LogP contribution in [0, 0.1) is 0 Å². The van der Waals surface area contributed by atoms with E-state index in [1.54, 1.807) is 26.5 Å². The monoisotopic (exact) mass is 325 g/mol. The minimum atomic E-state index is -3.49. The fourth-order valence-corrected chi connectivity index (χ4v) is 5.20. The molecule has 0 radical (unpaired) electrons. The van der Waals surface area contributed by atoms with E-state index < -0.39 is 10.0 Å². The lowest BCUT2D eigenvalue weighted by Gasteiger charge is -2.32. The number of rotatable bonds is 3. The van der Waals surface area contributed by atoms with Crippen molar-refractivity contribution in [3.63, 3.8) is 0 Å². The molecular formula is C14H19N3O2S2. The lowest BCUT2D eigenvalue weighted by atomic mass is 10.0. The average molecular weight is 325 g/mol. The standard InChI is InChI=1S/C14H19N3O2S2/c1-10(2)16-9-12(8-15-16)21(18,19)17-6-4-14-13(11(17)3)5-7-20-14/h5,7-11H,4,6H2,1-3H3/t11-/m0/s1. The molecule has 3 heterocycles. The van der Waals surface area contributed by atoms with E-state index in [1.165, 1.54) is 11.1 Å². The molecule has 1 atom stereocenters. The Bertz CT molecular complexity index is 746. The van der Waals surface area contributed by atoms with Crippen LogP contribution in [-0.2, 0) is 16.4 Å². The van der Waals surface area contributed by atoms with Crippen LogP contribution in [0.3, 0.4) is 0 Å². The highest BCUT2D eigenvalue weighted by molar-refractivity contribution is 7.89. The first-order chi connectivity index (χ1) is 9.91. The smallest absolute Gasteiger partial charge is 0.246 e. The van der Waals surface area contributed by atoms with Gasteiger partial charge in [0.25, 0.3) is 0 Å². The first kappa shape index (κ1) is 14.7. The van der Waals surface area contributed by atoms with Crippen LogP contribution in [0.2, 0.25) is 0 Å². The second-order valence-corrected chi connectivity index (χ2v) is 8.48. The highest BCUT2D eigenvalue weighted by Gasteiger charge is 2.35. The largest absolute Gasteiger partial charge is 0.269 e. The molecule has 21 heavy (non-hydrogen) atoms. The minimum absolute atomic E-state index is 0.118. The quantitative estimate of drug-likeness (QED) is 0.872. The van der Waals surface area contributed by atoms with Crippen LogP contribution in [-0.4, -0.2) is 29.0 Å². The van der Waals surface area contributed by atoms with Gasteiger partial charge in [-0.25, -0.2) is 8.42 Å². The lowest BCUT2D eigenvalue weighted by Crippen LogP contribution is -2.38. The van der Waals surface area contributed by atoms with E-state index in [0.29, 0.717) is 6.54 Å². The molecule has 2 aromatic heterocycles. The van der Waals surface area contributed by atoms with Gasteiger partial charge in [-0.2, -0.15) is 9.40 Å². The van der Waals surface area contributed by atoms with E-state index in [2.05, 4.69) is 5.10 Å². The summed E-state index contributed by atoms with van der Waals surface area (Å²) in [7, 11) is -3.49. The van der Waals surface area contributed by atoms with E-state index in [1.807, 2.05) is 32.2 Å². The van der Waals surface area contributed by atoms with Crippen LogP contribution in [0.4, 0.5) is 0 Å². The van der Waals surface area contributed by atoms with Crippen molar-refractivity contribution in [1.82, 2.24) is 14.1 Å². The van der Waals surface area contributed by atoms with Crippen molar-refractivity contribution in [1.29, 1.82) is 0 Å². The maximum Gasteiger partial charge on any atom is 0.246 e. The van der Waals surface area contributed by atoms with Gasteiger partial charge in [-0.05, 0) is 44.2 Å². The van der Waals surface area contributed by atoms with Crippen molar-refractivity contribution in [3.05, 3.63) is 34.3 Å². The van der Waals surface area contributed by atoms with Gasteiger partial charge in [0.1, 0.15) is 4.90 Å². The summed E-state index contributed by atoms with van der Waals surface area (Å²) in [5, 5.41) is 6.18. The summed E-state index contributed by atoms with van der Waals surface area (Å²) in [6.45, 7) is 6.44. The molecule has 0 saturated carbocycles. The Labute approximate surface area is 129 Å². The lowest BCUT2D eigenvalue weighted by molar-refractivity contribution is 0.329. The Morgan fingerprint density at radius 2 is 2.19 bits per heavy atom. The normalized spacial score (nSPS) is 19.9. The summed E-state index contributed by atoms with van der Waals surface area (Å²) in [5.74, 6) is 0. The molecule has 114 valence electrons. The molecule has 0 aliphatic carbocycles. The second kappa shape index (κ2) is 5.23. The van der Waals surface area contributed by atoms with E-state index in [4.69, 9.17) is 0 Å². The van der Waals surface area contributed by atoms with Gasteiger partial charge in [0, 0.05) is 29.7 Å². The fourth-order valence-electron chi connectivity index (χ4n) is 2.69. The van der Waals surface area contributed by atoms with Gasteiger partial charge in [0.05, 0.1) is 6.20 Å². The van der Waals surface area contributed by atoms with Crippen molar-refractivity contribution in [3.8, 4) is 0 Å². The van der Waals surface area contributed by atoms with Crippen LogP contribution in [0.15, 0.2) is 28.7 Å². The summed E-state index contributed by atoms with van der Waals surface area (Å²) in [6, 6.07) is 2.06. The molecule has 0 N–H and O–H groups in total. The van der Waals surface area contributed by atoms with E-state index >= 15 is 0 Å². The third-order valence-corrected chi connectivity index (χ3v) is 6.85. The molecule has 0 spiro atoms. The molecule has 0 fully saturated rings. The van der Waals surface area contributed by atoms with Crippen molar-refractivity contribution in [2.75, 3.05) is 6.54 Å². The fraction of sp³-hybridized carbons (Fsp3) is 0.500. The zero-order chi connectivity index (χ0) is 15.2. The number of sulfonamides is 1. The van der Waals surface area contributed by atoms with E-state index in [0.717, 1.165) is 12.0 Å². The van der Waals surface area contributed by atoms with Gasteiger partial charge in [-0.1, -0.05) is 0 Å². The second-order valence-electron chi connectivity index (χ2n) is 5.59. The molecule has 0 amide bonds. The van der Waals surface area contributed by atoms with Crippen LogP contribution in [0.1, 0.15) is 43.3 Å². The predicted octanol–water partition coefficient (Wildman–Crippen LogP) is 2.83. The Kier molecular flexibility index (Phi) is 3.67. The molecule has 1 aliphatic heterocycles. The summed E-state index contributed by atoms with van der Waals surface area (Å²) in [5.41, 5.74) is 1.13. The Morgan fingerprint density at radius 1 is 1.43 bits per heavy atom. The Hall–Kier alpha value is -1.18. The zero-order valence-corrected chi connectivity index (χ0v) is 14.0. The summed E-state index contributed by atoms with van der Waals surface area (Å²) >= 11 is 1.71. The molecule has 0 aromatic carbocycles. The Morgan fingerprint density at radius 3 is 2.86 bits per heavy atom. The molecule has 0 unspecified atom stereocenters. The highest BCUT2D eigenvalue weighted by atomic mass is 32.2. The van der Waals surface area contributed by atoms with Crippen molar-refractivity contribution < 1.29 is 8.42 Å². The number of fused-ring (bicyclic) bond motifs is 1. The summed E-state index contributed by atoms with van der Waals surface area (Å²) in [4.78, 5) is 1.58. The number of aromatic nitrogens is 2. The van der Waals surface area contributed by atoms with Crippen LogP contribution >= 0.6 is 11.3 Å². The van der Waals surface area contributed by atoms with Gasteiger partial charge < -0.3 is 0 Å². The van der Waals surface area contributed by atoms with Crippen molar-refractivity contribution >= 4 is 21.4 Å². The number of hydrogen-bond donors (Lipinski definition) is 0. The molecule has 3 rings (SSSR count). The minimum Gasteiger partial charge on any atom is -0.269 e. The first-order valence-corrected chi connectivity index (χ1v) is 9.35. The molecule has 5 nitrogen and oxygen atoms in total. The van der Waals surface area contributed by atoms with E-state index in [9.17, 15) is 8.42 Å². The van der Waals surface area contributed by atoms with Gasteiger partial charge >= 0.3 is 0 Å². The molecule has 0 saturated heterocycles. The molecule has 1 aliphatic rings. The maximum absolute atomic E-state index is 12.8. The summed E-state index contributed by atoms with van der Waals surface area (Å²) < 4.78 is 28.9. The van der Waals surface area contributed by atoms with Gasteiger partial charge in [-0.15, -0.1) is 11.3 Å². The molecular weight excluding hydrogens is 306 g/mol. The van der Waals surface area contributed by atoms with Crippen molar-refractivity contribution in [2.24, 2.45) is 0 Å². The average Bonchev–Trinajstić information content (AvgIpc) is 3.08. The SMILES string of the molecule is CC(C)n1cc(S(=O)(=O)N2CCc3sccc3[C@@H]2C)cn1. The van der Waals surface area contributed by atoms with Gasteiger partial charge in [0.15, 0.2) is 0 Å². The highest BCUT2D eigenvalue weighted by Crippen LogP contribution is 2.36. The van der Waals surface area contributed by atoms with Gasteiger partial charge in [0.2, 0.25) is 10.0 Å². The Balaban J connectivity index is 1.95. The third kappa shape index (κ3) is 2.43. The summed E-state index contributed by atoms with van der Waals surface area (Å²) in [6.07, 6.45) is 3.86. The van der Waals surface area contributed by atoms with Crippen LogP contribution in [0.25, 0.3) is 0 Å². The molecule has 0 bridgehead atoms. The van der Waals surface area contributed by atoms with Gasteiger partial charge in [-0.3, -0.25) is 4.68 Å². The number of thiophene rings is 1. The van der Waals surface area contributed by atoms with Crippen LogP contribution < -0.4 is 0 Å². The number of hydrogen-bond acceptors (Lipinski definition) is 4. The first-order valence-electron chi connectivity index (χ1n) is 7.03. The topological polar surface area (TPSA) is 55.2 Å².